The van der Waals surface area contributed by atoms with Crippen LogP contribution in [0.15, 0.2) is 55.0 Å². The average molecular weight is 547 g/mol. The maximum Gasteiger partial charge on any atom is 0.229 e. The molecule has 1 amide bonds. The molecule has 1 N–H and O–H groups in total. The monoisotopic (exact) mass is 546 g/mol. The van der Waals surface area contributed by atoms with Crippen LogP contribution in [0.3, 0.4) is 0 Å². The third kappa shape index (κ3) is 5.80. The van der Waals surface area contributed by atoms with Gasteiger partial charge in [-0.3, -0.25) is 4.79 Å². The summed E-state index contributed by atoms with van der Waals surface area (Å²) in [5.74, 6) is -0.461. The maximum absolute atomic E-state index is 11.6. The number of imidazole rings is 1. The first kappa shape index (κ1) is 25.7. The topological polar surface area (TPSA) is 89.3 Å². The van der Waals surface area contributed by atoms with Crippen LogP contribution in [-0.4, -0.2) is 71.0 Å². The molecule has 0 saturated carbocycles. The minimum absolute atomic E-state index is 0.0978. The summed E-state index contributed by atoms with van der Waals surface area (Å²) in [6.07, 6.45) is 2.63. The minimum Gasteiger partial charge on any atom is -0.492 e. The van der Waals surface area contributed by atoms with E-state index in [1.165, 1.54) is 12.5 Å². The normalized spacial score (nSPS) is 21.9. The quantitative estimate of drug-likeness (QED) is 0.480. The van der Waals surface area contributed by atoms with Gasteiger partial charge in [-0.15, -0.1) is 0 Å². The van der Waals surface area contributed by atoms with Crippen LogP contribution >= 0.6 is 23.2 Å². The lowest BCUT2D eigenvalue weighted by Crippen LogP contribution is -2.48. The molecule has 2 saturated heterocycles. The highest BCUT2D eigenvalue weighted by molar-refractivity contribution is 6.35. The van der Waals surface area contributed by atoms with Crippen molar-refractivity contribution in [2.24, 2.45) is 0 Å². The standard InChI is InChI=1S/C26H28Cl2N4O5/c1-18(33)31-8-10-32(11-9-31)20-3-5-21(6-4-20)35-14-22-15-36-26(37-22,16-30-13-25(34)29-17-30)23-7-2-19(27)12-24(23)28/h2-7,12-13,17,22,34H,8-11,14-16H2,1H3/t22-,26-/m0/s1. The number of ether oxygens (including phenoxy) is 3. The van der Waals surface area contributed by atoms with Gasteiger partial charge in [0.2, 0.25) is 17.6 Å². The van der Waals surface area contributed by atoms with E-state index in [1.807, 2.05) is 29.2 Å². The van der Waals surface area contributed by atoms with E-state index in [4.69, 9.17) is 37.4 Å². The Morgan fingerprint density at radius 2 is 1.92 bits per heavy atom. The van der Waals surface area contributed by atoms with Gasteiger partial charge in [-0.2, -0.15) is 0 Å². The van der Waals surface area contributed by atoms with Gasteiger partial charge in [-0.1, -0.05) is 29.3 Å². The molecular formula is C26H28Cl2N4O5. The van der Waals surface area contributed by atoms with E-state index in [0.29, 0.717) is 15.6 Å². The molecule has 0 unspecified atom stereocenters. The first-order valence-electron chi connectivity index (χ1n) is 12.0. The average Bonchev–Trinajstić information content (AvgIpc) is 3.49. The van der Waals surface area contributed by atoms with Gasteiger partial charge in [-0.05, 0) is 36.4 Å². The molecule has 5 rings (SSSR count). The summed E-state index contributed by atoms with van der Waals surface area (Å²) < 4.78 is 20.3. The summed E-state index contributed by atoms with van der Waals surface area (Å²) in [6, 6.07) is 13.1. The number of halogens is 2. The van der Waals surface area contributed by atoms with Crippen LogP contribution in [0.4, 0.5) is 5.69 Å². The van der Waals surface area contributed by atoms with Gasteiger partial charge in [0.05, 0.1) is 30.7 Å². The van der Waals surface area contributed by atoms with Gasteiger partial charge in [0.25, 0.3) is 0 Å². The molecule has 0 aliphatic carbocycles. The van der Waals surface area contributed by atoms with Crippen LogP contribution in [0, 0.1) is 0 Å². The lowest BCUT2D eigenvalue weighted by atomic mass is 10.1. The molecule has 0 spiro atoms. The van der Waals surface area contributed by atoms with Crippen molar-refractivity contribution in [2.75, 3.05) is 44.3 Å². The fourth-order valence-corrected chi connectivity index (χ4v) is 5.20. The van der Waals surface area contributed by atoms with E-state index in [1.54, 1.807) is 29.7 Å². The molecular weight excluding hydrogens is 519 g/mol. The van der Waals surface area contributed by atoms with Crippen LogP contribution in [0.25, 0.3) is 0 Å². The predicted octanol–water partition coefficient (Wildman–Crippen LogP) is 3.91. The smallest absolute Gasteiger partial charge is 0.229 e. The third-order valence-corrected chi connectivity index (χ3v) is 7.12. The molecule has 3 aromatic rings. The fraction of sp³-hybridized carbons (Fsp3) is 0.385. The van der Waals surface area contributed by atoms with Gasteiger partial charge >= 0.3 is 0 Å². The SMILES string of the molecule is CC(=O)N1CCN(c2ccc(OC[C@H]3CO[C@](Cn4cnc(O)c4)(c4ccc(Cl)cc4Cl)O3)cc2)CC1. The molecule has 0 bridgehead atoms. The highest BCUT2D eigenvalue weighted by atomic mass is 35.5. The number of anilines is 1. The molecule has 1 aromatic heterocycles. The van der Waals surface area contributed by atoms with E-state index < -0.39 is 5.79 Å². The summed E-state index contributed by atoms with van der Waals surface area (Å²) in [6.45, 7) is 5.46. The van der Waals surface area contributed by atoms with Crippen molar-refractivity contribution >= 4 is 34.8 Å². The Balaban J connectivity index is 1.23. The van der Waals surface area contributed by atoms with Gasteiger partial charge in [0, 0.05) is 49.4 Å². The maximum atomic E-state index is 11.6. The van der Waals surface area contributed by atoms with Crippen LogP contribution in [0.5, 0.6) is 11.6 Å². The molecule has 9 nitrogen and oxygen atoms in total. The van der Waals surface area contributed by atoms with E-state index in [2.05, 4.69) is 9.88 Å². The Kier molecular flexibility index (Phi) is 7.48. The number of aromatic hydroxyl groups is 1. The number of carbonyl (C=O) groups excluding carboxylic acids is 1. The van der Waals surface area contributed by atoms with Crippen LogP contribution in [0.1, 0.15) is 12.5 Å². The first-order valence-corrected chi connectivity index (χ1v) is 12.8. The van der Waals surface area contributed by atoms with Crippen molar-refractivity contribution in [3.63, 3.8) is 0 Å². The van der Waals surface area contributed by atoms with E-state index in [9.17, 15) is 9.90 Å². The van der Waals surface area contributed by atoms with Crippen LogP contribution in [0.2, 0.25) is 10.0 Å². The Labute approximate surface area is 225 Å². The second-order valence-electron chi connectivity index (χ2n) is 9.13. The van der Waals surface area contributed by atoms with Gasteiger partial charge in [0.1, 0.15) is 18.5 Å². The predicted molar refractivity (Wildman–Crippen MR) is 139 cm³/mol. The van der Waals surface area contributed by atoms with E-state index >= 15 is 0 Å². The fourth-order valence-electron chi connectivity index (χ4n) is 4.65. The highest BCUT2D eigenvalue weighted by Gasteiger charge is 2.45. The molecule has 2 aliphatic rings. The molecule has 2 aromatic carbocycles. The summed E-state index contributed by atoms with van der Waals surface area (Å²) in [4.78, 5) is 19.6. The number of benzene rings is 2. The first-order chi connectivity index (χ1) is 17.8. The van der Waals surface area contributed by atoms with E-state index in [-0.39, 0.29) is 37.6 Å². The van der Waals surface area contributed by atoms with Gasteiger partial charge in [-0.25, -0.2) is 4.98 Å². The Bertz CT molecular complexity index is 1250. The van der Waals surface area contributed by atoms with Crippen LogP contribution in [-0.2, 0) is 26.6 Å². The number of carbonyl (C=O) groups is 1. The second-order valence-corrected chi connectivity index (χ2v) is 9.97. The molecule has 196 valence electrons. The second kappa shape index (κ2) is 10.8. The highest BCUT2D eigenvalue weighted by Crippen LogP contribution is 2.40. The summed E-state index contributed by atoms with van der Waals surface area (Å²) in [5, 5.41) is 10.6. The van der Waals surface area contributed by atoms with Gasteiger partial charge < -0.3 is 33.7 Å². The number of nitrogens with zero attached hydrogens (tertiary/aromatic N) is 4. The van der Waals surface area contributed by atoms with Crippen LogP contribution < -0.4 is 9.64 Å². The third-order valence-electron chi connectivity index (χ3n) is 6.57. The molecule has 2 fully saturated rings. The van der Waals surface area contributed by atoms with Crippen molar-refractivity contribution in [1.82, 2.24) is 14.5 Å². The number of aromatic nitrogens is 2. The Morgan fingerprint density at radius 1 is 1.16 bits per heavy atom. The lowest BCUT2D eigenvalue weighted by Gasteiger charge is -2.35. The van der Waals surface area contributed by atoms with Crippen molar-refractivity contribution in [2.45, 2.75) is 25.4 Å². The largest absolute Gasteiger partial charge is 0.492 e. The zero-order valence-corrected chi connectivity index (χ0v) is 21.9. The zero-order chi connectivity index (χ0) is 26.0. The number of amides is 1. The van der Waals surface area contributed by atoms with Gasteiger partial charge in [0.15, 0.2) is 0 Å². The number of hydrogen-bond acceptors (Lipinski definition) is 7. The lowest BCUT2D eigenvalue weighted by molar-refractivity contribution is -0.189. The molecule has 37 heavy (non-hydrogen) atoms. The number of piperazine rings is 1. The molecule has 0 radical (unpaired) electrons. The van der Waals surface area contributed by atoms with Crippen molar-refractivity contribution in [3.8, 4) is 11.6 Å². The molecule has 2 aliphatic heterocycles. The summed E-state index contributed by atoms with van der Waals surface area (Å²) in [5.41, 5.74) is 1.72. The van der Waals surface area contributed by atoms with Crippen molar-refractivity contribution < 1.29 is 24.1 Å². The number of rotatable bonds is 7. The molecule has 2 atom stereocenters. The number of hydrogen-bond donors (Lipinski definition) is 1. The summed E-state index contributed by atoms with van der Waals surface area (Å²) >= 11 is 12.6. The van der Waals surface area contributed by atoms with E-state index in [0.717, 1.165) is 37.6 Å². The van der Waals surface area contributed by atoms with Crippen molar-refractivity contribution in [3.05, 3.63) is 70.6 Å². The Morgan fingerprint density at radius 3 is 2.57 bits per heavy atom. The Hall–Kier alpha value is -2.98. The zero-order valence-electron chi connectivity index (χ0n) is 20.3. The summed E-state index contributed by atoms with van der Waals surface area (Å²) in [7, 11) is 0. The molecule has 11 heteroatoms. The molecule has 3 heterocycles. The van der Waals surface area contributed by atoms with Crippen molar-refractivity contribution in [1.29, 1.82) is 0 Å². The minimum atomic E-state index is -1.20.